The van der Waals surface area contributed by atoms with Crippen LogP contribution in [-0.2, 0) is 17.9 Å². The number of unbranched alkanes of at least 4 members (excludes halogenated alkanes) is 1. The molecular weight excluding hydrogens is 456 g/mol. The molecule has 2 aromatic carbocycles. The van der Waals surface area contributed by atoms with Crippen LogP contribution in [0.15, 0.2) is 48.5 Å². The Kier molecular flexibility index (Phi) is 10.1. The molecule has 1 amide bonds. The van der Waals surface area contributed by atoms with Gasteiger partial charge in [-0.3, -0.25) is 4.79 Å². The van der Waals surface area contributed by atoms with E-state index < -0.39 is 0 Å². The second-order valence-electron chi connectivity index (χ2n) is 10.9. The number of aryl methyl sites for hydroxylation is 1. The number of anilines is 1. The molecule has 0 spiro atoms. The van der Waals surface area contributed by atoms with Crippen LogP contribution in [0.4, 0.5) is 5.69 Å². The lowest BCUT2D eigenvalue weighted by Gasteiger charge is -2.27. The average Bonchev–Trinajstić information content (AvgIpc) is 3.26. The summed E-state index contributed by atoms with van der Waals surface area (Å²) in [6.07, 6.45) is 7.50. The van der Waals surface area contributed by atoms with Gasteiger partial charge < -0.3 is 4.90 Å². The minimum Gasteiger partial charge on any atom is -0.308 e. The van der Waals surface area contributed by atoms with Crippen molar-refractivity contribution in [1.29, 1.82) is 0 Å². The lowest BCUT2D eigenvalue weighted by atomic mass is 9.82. The second-order valence-corrected chi connectivity index (χ2v) is 10.9. The fourth-order valence-corrected chi connectivity index (χ4v) is 5.77. The standard InChI is InChI=1S/C31H42N4O.CH4/c1-6-13-23(4)20-25(22(2)3)14-11-12-19-35-31-27-16-8-7-15-26(27)21-34(24(5)36)29-18-10-9-17-28(29)30(31)32-33-35;/h7-10,15-18,22-23,25H,6,11-14,19-21H2,1-5H3;1H4. The van der Waals surface area contributed by atoms with Gasteiger partial charge in [-0.2, -0.15) is 0 Å². The van der Waals surface area contributed by atoms with E-state index in [0.717, 1.165) is 64.5 Å². The van der Waals surface area contributed by atoms with Crippen molar-refractivity contribution in [1.82, 2.24) is 15.0 Å². The van der Waals surface area contributed by atoms with Crippen LogP contribution in [0.5, 0.6) is 0 Å². The number of rotatable bonds is 10. The summed E-state index contributed by atoms with van der Waals surface area (Å²) in [7, 11) is 0. The first-order chi connectivity index (χ1) is 17.4. The number of benzene rings is 2. The van der Waals surface area contributed by atoms with Crippen molar-refractivity contribution in [3.05, 3.63) is 54.1 Å². The zero-order valence-corrected chi connectivity index (χ0v) is 22.7. The van der Waals surface area contributed by atoms with Crippen LogP contribution < -0.4 is 4.90 Å². The summed E-state index contributed by atoms with van der Waals surface area (Å²) in [5, 5.41) is 9.31. The first kappa shape index (κ1) is 28.6. The maximum absolute atomic E-state index is 12.6. The summed E-state index contributed by atoms with van der Waals surface area (Å²) in [5.41, 5.74) is 6.03. The smallest absolute Gasteiger partial charge is 0.224 e. The van der Waals surface area contributed by atoms with Crippen molar-refractivity contribution in [2.75, 3.05) is 4.90 Å². The Balaban J connectivity index is 0.00000380. The van der Waals surface area contributed by atoms with Gasteiger partial charge in [-0.15, -0.1) is 5.10 Å². The lowest BCUT2D eigenvalue weighted by molar-refractivity contribution is -0.116. The highest BCUT2D eigenvalue weighted by molar-refractivity contribution is 5.99. The highest BCUT2D eigenvalue weighted by Gasteiger charge is 2.27. The molecule has 2 atom stereocenters. The lowest BCUT2D eigenvalue weighted by Crippen LogP contribution is -2.29. The number of hydrogen-bond donors (Lipinski definition) is 0. The van der Waals surface area contributed by atoms with Gasteiger partial charge in [0.05, 0.1) is 17.9 Å². The van der Waals surface area contributed by atoms with E-state index in [9.17, 15) is 4.79 Å². The summed E-state index contributed by atoms with van der Waals surface area (Å²) in [6, 6.07) is 16.4. The van der Waals surface area contributed by atoms with Crippen LogP contribution in [0.1, 0.15) is 86.1 Å². The molecule has 1 aliphatic heterocycles. The summed E-state index contributed by atoms with van der Waals surface area (Å²) in [6.45, 7) is 12.5. The van der Waals surface area contributed by atoms with Crippen LogP contribution >= 0.6 is 0 Å². The zero-order chi connectivity index (χ0) is 25.7. The topological polar surface area (TPSA) is 51.0 Å². The molecule has 0 aliphatic carbocycles. The first-order valence-corrected chi connectivity index (χ1v) is 13.8. The van der Waals surface area contributed by atoms with Crippen LogP contribution in [0.2, 0.25) is 0 Å². The second kappa shape index (κ2) is 13.0. The fraction of sp³-hybridized carbons (Fsp3) is 0.531. The molecule has 37 heavy (non-hydrogen) atoms. The quantitative estimate of drug-likeness (QED) is 0.262. The van der Waals surface area contributed by atoms with Crippen LogP contribution in [0.3, 0.4) is 0 Å². The molecule has 0 saturated heterocycles. The van der Waals surface area contributed by atoms with E-state index in [0.29, 0.717) is 6.54 Å². The number of aromatic nitrogens is 3. The van der Waals surface area contributed by atoms with Gasteiger partial charge in [-0.25, -0.2) is 4.68 Å². The molecule has 3 aromatic rings. The van der Waals surface area contributed by atoms with E-state index in [1.807, 2.05) is 29.2 Å². The maximum atomic E-state index is 12.6. The summed E-state index contributed by atoms with van der Waals surface area (Å²) in [5.74, 6) is 2.35. The molecule has 0 radical (unpaired) electrons. The number of amides is 1. The number of fused-ring (bicyclic) bond motifs is 5. The van der Waals surface area contributed by atoms with Gasteiger partial charge in [0.1, 0.15) is 5.69 Å². The predicted octanol–water partition coefficient (Wildman–Crippen LogP) is 8.38. The van der Waals surface area contributed by atoms with Gasteiger partial charge >= 0.3 is 0 Å². The fourth-order valence-electron chi connectivity index (χ4n) is 5.77. The molecule has 4 rings (SSSR count). The molecule has 2 unspecified atom stereocenters. The molecule has 0 bridgehead atoms. The monoisotopic (exact) mass is 502 g/mol. The zero-order valence-electron chi connectivity index (χ0n) is 22.7. The van der Waals surface area contributed by atoms with Gasteiger partial charge in [0.2, 0.25) is 5.91 Å². The van der Waals surface area contributed by atoms with Crippen molar-refractivity contribution in [3.63, 3.8) is 0 Å². The van der Waals surface area contributed by atoms with E-state index in [1.54, 1.807) is 6.92 Å². The Morgan fingerprint density at radius 3 is 2.38 bits per heavy atom. The third-order valence-electron chi connectivity index (χ3n) is 7.79. The van der Waals surface area contributed by atoms with Crippen LogP contribution in [0.25, 0.3) is 22.5 Å². The highest BCUT2D eigenvalue weighted by atomic mass is 16.2. The minimum absolute atomic E-state index is 0. The van der Waals surface area contributed by atoms with E-state index in [1.165, 1.54) is 32.1 Å². The van der Waals surface area contributed by atoms with Crippen molar-refractivity contribution >= 4 is 11.6 Å². The first-order valence-electron chi connectivity index (χ1n) is 13.8. The summed E-state index contributed by atoms with van der Waals surface area (Å²) < 4.78 is 2.10. The number of nitrogens with zero attached hydrogens (tertiary/aromatic N) is 4. The molecule has 5 heteroatoms. The molecular formula is C32H46N4O. The molecule has 2 heterocycles. The molecule has 1 aromatic heterocycles. The van der Waals surface area contributed by atoms with Crippen molar-refractivity contribution in [2.45, 2.75) is 93.7 Å². The molecule has 0 fully saturated rings. The molecule has 200 valence electrons. The third kappa shape index (κ3) is 6.49. The van der Waals surface area contributed by atoms with Crippen molar-refractivity contribution < 1.29 is 4.79 Å². The van der Waals surface area contributed by atoms with E-state index in [4.69, 9.17) is 0 Å². The van der Waals surface area contributed by atoms with Crippen molar-refractivity contribution in [2.24, 2.45) is 17.8 Å². The predicted molar refractivity (Wildman–Crippen MR) is 155 cm³/mol. The maximum Gasteiger partial charge on any atom is 0.224 e. The molecule has 0 N–H and O–H groups in total. The minimum atomic E-state index is 0. The summed E-state index contributed by atoms with van der Waals surface area (Å²) in [4.78, 5) is 14.5. The average molecular weight is 503 g/mol. The Labute approximate surface area is 224 Å². The Morgan fingerprint density at radius 1 is 0.973 bits per heavy atom. The number of carbonyl (C=O) groups excluding carboxylic acids is 1. The summed E-state index contributed by atoms with van der Waals surface area (Å²) >= 11 is 0. The Morgan fingerprint density at radius 2 is 1.68 bits per heavy atom. The highest BCUT2D eigenvalue weighted by Crippen LogP contribution is 2.41. The van der Waals surface area contributed by atoms with E-state index in [-0.39, 0.29) is 13.3 Å². The van der Waals surface area contributed by atoms with Crippen LogP contribution in [-0.4, -0.2) is 20.9 Å². The van der Waals surface area contributed by atoms with Gasteiger partial charge in [0.25, 0.3) is 0 Å². The number of para-hydroxylation sites is 1. The van der Waals surface area contributed by atoms with E-state index >= 15 is 0 Å². The van der Waals surface area contributed by atoms with Gasteiger partial charge in [0, 0.05) is 24.6 Å². The molecule has 5 nitrogen and oxygen atoms in total. The molecule has 0 saturated carbocycles. The Hall–Kier alpha value is -2.95. The van der Waals surface area contributed by atoms with E-state index in [2.05, 4.69) is 67.0 Å². The number of carbonyl (C=O) groups is 1. The van der Waals surface area contributed by atoms with Gasteiger partial charge in [-0.1, -0.05) is 108 Å². The largest absolute Gasteiger partial charge is 0.308 e. The third-order valence-corrected chi connectivity index (χ3v) is 7.79. The van der Waals surface area contributed by atoms with Gasteiger partial charge in [-0.05, 0) is 42.2 Å². The van der Waals surface area contributed by atoms with Crippen LogP contribution in [0, 0.1) is 17.8 Å². The Bertz CT molecular complexity index is 1170. The molecule has 1 aliphatic rings. The number of hydrogen-bond acceptors (Lipinski definition) is 3. The normalized spacial score (nSPS) is 14.1. The SMILES string of the molecule is C.CCCC(C)CC(CCCCn1nnc2c1-c1ccccc1CN(C(C)=O)c1ccccc1-2)C(C)C. The van der Waals surface area contributed by atoms with Gasteiger partial charge in [0.15, 0.2) is 0 Å². The van der Waals surface area contributed by atoms with Crippen molar-refractivity contribution in [3.8, 4) is 22.5 Å².